The third kappa shape index (κ3) is 16.7. The first-order chi connectivity index (χ1) is 16.3. The minimum absolute atomic E-state index is 0. The van der Waals surface area contributed by atoms with Crippen molar-refractivity contribution in [1.82, 2.24) is 9.91 Å². The predicted molar refractivity (Wildman–Crippen MR) is 137 cm³/mol. The fraction of sp³-hybridized carbons (Fsp3) is 0.250. The van der Waals surface area contributed by atoms with E-state index >= 15 is 0 Å². The minimum atomic E-state index is -4.74. The van der Waals surface area contributed by atoms with E-state index in [1.165, 1.54) is 0 Å². The number of ether oxygens (including phenoxy) is 2. The fourth-order valence-corrected chi connectivity index (χ4v) is 4.70. The molecule has 190 valence electrons. The molecule has 0 saturated heterocycles. The van der Waals surface area contributed by atoms with E-state index in [1.807, 2.05) is 12.1 Å². The summed E-state index contributed by atoms with van der Waals surface area (Å²) in [6, 6.07) is 13.8. The topological polar surface area (TPSA) is 158 Å². The Hall–Kier alpha value is 0.110. The Morgan fingerprint density at radius 3 is 1.86 bits per heavy atom. The van der Waals surface area contributed by atoms with Gasteiger partial charge in [0.25, 0.3) is 0 Å². The summed E-state index contributed by atoms with van der Waals surface area (Å²) in [4.78, 5) is 41.2. The quantitative estimate of drug-likeness (QED) is 0.0930. The van der Waals surface area contributed by atoms with Gasteiger partial charge < -0.3 is 38.2 Å². The van der Waals surface area contributed by atoms with Gasteiger partial charge in [0.2, 0.25) is 0 Å². The molecule has 0 amide bonds. The summed E-state index contributed by atoms with van der Waals surface area (Å²) in [5.74, 6) is 2.61. The summed E-state index contributed by atoms with van der Waals surface area (Å²) < 4.78 is 33.4. The monoisotopic (exact) mass is 605 g/mol. The molecule has 0 spiro atoms. The number of benzene rings is 2. The molecule has 0 bridgehead atoms. The normalized spacial score (nSPS) is 14.0. The smallest absolute Gasteiger partial charge is 0.778 e. The predicted octanol–water partition coefficient (Wildman–Crippen LogP) is -4.60. The molecule has 0 aliphatic heterocycles. The zero-order valence-corrected chi connectivity index (χ0v) is 28.5. The average molecular weight is 605 g/mol. The molecular formula is C20H25N3Na2O8P4. The van der Waals surface area contributed by atoms with Crippen LogP contribution in [0.1, 0.15) is 11.1 Å². The van der Waals surface area contributed by atoms with Gasteiger partial charge in [-0.3, -0.25) is 9.91 Å². The Morgan fingerprint density at radius 1 is 0.973 bits per heavy atom. The van der Waals surface area contributed by atoms with E-state index in [0.29, 0.717) is 11.5 Å². The molecule has 11 nitrogen and oxygen atoms in total. The second-order valence-electron chi connectivity index (χ2n) is 7.35. The molecule has 2 N–H and O–H groups in total. The first-order valence-corrected chi connectivity index (χ1v) is 14.6. The maximum Gasteiger partial charge on any atom is 1.00 e. The van der Waals surface area contributed by atoms with Crippen molar-refractivity contribution in [3.05, 3.63) is 59.7 Å². The second-order valence-corrected chi connectivity index (χ2v) is 11.1. The van der Waals surface area contributed by atoms with E-state index in [1.54, 1.807) is 60.6 Å². The van der Waals surface area contributed by atoms with Gasteiger partial charge in [-0.1, -0.05) is 12.1 Å². The molecule has 37 heavy (non-hydrogen) atoms. The molecule has 17 heteroatoms. The summed E-state index contributed by atoms with van der Waals surface area (Å²) in [5.41, 5.74) is 1.72. The van der Waals surface area contributed by atoms with Crippen LogP contribution < -0.4 is 78.4 Å². The van der Waals surface area contributed by atoms with Gasteiger partial charge in [-0.2, -0.15) is 5.10 Å². The first kappa shape index (κ1) is 37.1. The van der Waals surface area contributed by atoms with Crippen molar-refractivity contribution in [1.29, 1.82) is 0 Å². The molecular weight excluding hydrogens is 580 g/mol. The first-order valence-electron chi connectivity index (χ1n) is 10.0. The van der Waals surface area contributed by atoms with Gasteiger partial charge in [0.1, 0.15) is 26.7 Å². The van der Waals surface area contributed by atoms with Gasteiger partial charge in [-0.15, -0.1) is 8.86 Å². The summed E-state index contributed by atoms with van der Waals surface area (Å²) in [5, 5.41) is 5.76. The molecule has 0 saturated carbocycles. The Kier molecular flexibility index (Phi) is 17.8. The van der Waals surface area contributed by atoms with Crippen molar-refractivity contribution in [3.8, 4) is 11.5 Å². The summed E-state index contributed by atoms with van der Waals surface area (Å²) in [6.45, 7) is -0.0242. The van der Waals surface area contributed by atoms with Crippen molar-refractivity contribution < 1.29 is 97.3 Å². The van der Waals surface area contributed by atoms with Crippen molar-refractivity contribution in [3.63, 3.8) is 0 Å². The molecule has 2 atom stereocenters. The van der Waals surface area contributed by atoms with Gasteiger partial charge in [0.05, 0.1) is 18.8 Å². The standard InChI is InChI=1S/C20H27N3O8P4.2Na/c1-22(13-32)21-12-17-4-8-19(9-5-17)31-20(33)30-18-6-2-16(3-7-18)10-11-23(14-34(24,25)26)15-35(27,28)29;;/h2-9,12-13,32-33H,10-11,14-15H2,1H3,(H2,24,25,26)(H2,27,28,29);;/q;2*+1/p-2/b21-12+;;. The van der Waals surface area contributed by atoms with Crippen molar-refractivity contribution in [2.24, 2.45) is 5.10 Å². The molecule has 2 aromatic rings. The molecule has 0 heterocycles. The molecule has 0 aromatic heterocycles. The third-order valence-electron chi connectivity index (χ3n) is 4.27. The van der Waals surface area contributed by atoms with Crippen LogP contribution in [0.25, 0.3) is 0 Å². The molecule has 0 fully saturated rings. The number of nitrogens with zero attached hydrogens (tertiary/aromatic N) is 3. The van der Waals surface area contributed by atoms with Crippen LogP contribution in [0.4, 0.5) is 0 Å². The van der Waals surface area contributed by atoms with E-state index < -0.39 is 27.8 Å². The van der Waals surface area contributed by atoms with Crippen LogP contribution in [0.15, 0.2) is 53.6 Å². The third-order valence-corrected chi connectivity index (χ3v) is 6.37. The number of hydrogen-bond donors (Lipinski definition) is 2. The van der Waals surface area contributed by atoms with Crippen LogP contribution in [0.3, 0.4) is 0 Å². The van der Waals surface area contributed by atoms with Gasteiger partial charge in [0.15, 0.2) is 0 Å². The van der Waals surface area contributed by atoms with E-state index in [-0.39, 0.29) is 77.7 Å². The van der Waals surface area contributed by atoms with Crippen LogP contribution in [0, 0.1) is 0 Å². The molecule has 0 aliphatic carbocycles. The summed E-state index contributed by atoms with van der Waals surface area (Å²) >= 11 is 0. The van der Waals surface area contributed by atoms with Gasteiger partial charge >= 0.3 is 64.8 Å². The molecule has 2 aromatic carbocycles. The summed E-state index contributed by atoms with van der Waals surface area (Å²) in [6.07, 6.45) is 0.170. The van der Waals surface area contributed by atoms with Gasteiger partial charge in [0, 0.05) is 19.5 Å². The van der Waals surface area contributed by atoms with Crippen LogP contribution in [0.2, 0.25) is 0 Å². The van der Waals surface area contributed by atoms with Crippen molar-refractivity contribution in [2.75, 3.05) is 26.2 Å². The number of hydrazone groups is 1. The zero-order valence-electron chi connectivity index (χ0n) is 20.7. The maximum atomic E-state index is 11.1. The van der Waals surface area contributed by atoms with Crippen molar-refractivity contribution >= 4 is 50.7 Å². The average Bonchev–Trinajstić information content (AvgIpc) is 2.75. The minimum Gasteiger partial charge on any atom is -0.778 e. The van der Waals surface area contributed by atoms with Crippen molar-refractivity contribution in [2.45, 2.75) is 6.42 Å². The second kappa shape index (κ2) is 17.7. The Balaban J connectivity index is 0.00000648. The Labute approximate surface area is 264 Å². The van der Waals surface area contributed by atoms with E-state index in [9.17, 15) is 18.9 Å². The van der Waals surface area contributed by atoms with E-state index in [0.717, 1.165) is 16.0 Å². The Morgan fingerprint density at radius 2 is 1.43 bits per heavy atom. The van der Waals surface area contributed by atoms with Gasteiger partial charge in [-0.05, 0) is 62.8 Å². The fourth-order valence-electron chi connectivity index (χ4n) is 2.75. The molecule has 0 aliphatic rings. The number of hydrogen-bond acceptors (Lipinski definition) is 8. The van der Waals surface area contributed by atoms with E-state index in [2.05, 4.69) is 22.8 Å². The largest absolute Gasteiger partial charge is 1.00 e. The Bertz CT molecular complexity index is 1100. The maximum absolute atomic E-state index is 11.1. The van der Waals surface area contributed by atoms with Gasteiger partial charge in [-0.25, -0.2) is 0 Å². The zero-order chi connectivity index (χ0) is 26.1. The van der Waals surface area contributed by atoms with E-state index in [4.69, 9.17) is 19.3 Å². The van der Waals surface area contributed by atoms with Crippen LogP contribution in [0.5, 0.6) is 11.5 Å². The molecule has 2 rings (SSSR count). The molecule has 2 unspecified atom stereocenters. The number of rotatable bonds is 14. The summed E-state index contributed by atoms with van der Waals surface area (Å²) in [7, 11) is -1.21. The molecule has 0 radical (unpaired) electrons. The van der Waals surface area contributed by atoms with Crippen LogP contribution in [-0.2, 0) is 15.6 Å². The van der Waals surface area contributed by atoms with Crippen LogP contribution >= 0.6 is 32.9 Å². The van der Waals surface area contributed by atoms with Crippen LogP contribution in [-0.4, -0.2) is 63.7 Å². The SMILES string of the molecule is CN(C=P)/N=C/c1ccc(OC(=P)Oc2ccc(CCN(CP(=O)([O-])O)CP(=O)([O-])O)cc2)cc1.[Na+].[Na+].